The molecule has 9 rings (SSSR count). The Morgan fingerprint density at radius 2 is 1.22 bits per heavy atom. The van der Waals surface area contributed by atoms with Crippen LogP contribution in [0.4, 0.5) is 0 Å². The van der Waals surface area contributed by atoms with Crippen molar-refractivity contribution in [2.24, 2.45) is 0 Å². The number of thioether (sulfide) groups is 1. The largest absolute Gasteiger partial charge is 0 e. The molecule has 1 unspecified atom stereocenters. The molecule has 3 aromatic carbocycles. The number of hydrogen-bond donors (Lipinski definition) is 3. The quantitative estimate of drug-likeness (QED) is 0.0495. The molecule has 12 nitrogen and oxygen atoms in total. The van der Waals surface area contributed by atoms with E-state index in [1.165, 1.54) is 54.9 Å². The molecule has 3 N–H and O–H groups in total. The summed E-state index contributed by atoms with van der Waals surface area (Å²) in [6, 6.07) is 20.7. The maximum Gasteiger partial charge on any atom is 0 e. The number of Topliss-reactive ketones (excluding diaryl/α,β-unsaturated/α-hetero) is 3. The first-order chi connectivity index (χ1) is 29.0. The van der Waals surface area contributed by atoms with E-state index in [1.807, 2.05) is 63.7 Å². The van der Waals surface area contributed by atoms with Crippen molar-refractivity contribution in [1.29, 1.82) is 0 Å². The number of thiophene rings is 2. The SMILES string of the molecule is Brc1ccc2nc[nH]c2c1.C.C.CC(=O)C1(Cl)SC=CC1=O.CC(=O)c1sc(-n2cnc3cc(Br)ccc32)cc1O.CC(=O)c1sc(-n2cnc3ccc(Br)cc32)cc1O.I[I-]I.[B].[V]. The second-order valence-corrected chi connectivity index (χ2v) is 35.2. The van der Waals surface area contributed by atoms with Gasteiger partial charge in [-0.15, -0.1) is 22.7 Å². The molecular weight excluding hydrogens is 1490 g/mol. The van der Waals surface area contributed by atoms with Crippen molar-refractivity contribution in [3.05, 3.63) is 120 Å². The van der Waals surface area contributed by atoms with Crippen LogP contribution >= 0.6 is 131 Å². The number of nitrogens with one attached hydrogen (secondary N) is 1. The fraction of sp³-hybridized carbons (Fsp3) is 0.146. The number of halogens is 7. The number of H-pyrrole nitrogens is 1. The number of aromatic amines is 1. The molecule has 0 bridgehead atoms. The van der Waals surface area contributed by atoms with E-state index < -0.39 is 4.21 Å². The minimum absolute atomic E-state index is 0. The van der Waals surface area contributed by atoms with E-state index in [0.29, 0.717) is 23.0 Å². The van der Waals surface area contributed by atoms with Gasteiger partial charge in [-0.25, -0.2) is 15.0 Å². The third-order valence-corrected chi connectivity index (χ3v) is 13.9. The molecule has 65 heavy (non-hydrogen) atoms. The number of alkyl halides is 1. The van der Waals surface area contributed by atoms with Crippen LogP contribution in [0.3, 0.4) is 0 Å². The van der Waals surface area contributed by atoms with Crippen LogP contribution in [-0.2, 0) is 28.1 Å². The minimum atomic E-state index is -1.35. The predicted molar refractivity (Wildman–Crippen MR) is 289 cm³/mol. The second-order valence-electron chi connectivity index (χ2n) is 12.3. The Kier molecular flexibility index (Phi) is 26.6. The molecule has 24 heteroatoms. The summed E-state index contributed by atoms with van der Waals surface area (Å²) in [6.07, 6.45) is 6.38. The van der Waals surface area contributed by atoms with Crippen LogP contribution in [-0.4, -0.2) is 75.0 Å². The summed E-state index contributed by atoms with van der Waals surface area (Å²) in [7, 11) is 0. The van der Waals surface area contributed by atoms with Crippen molar-refractivity contribution in [2.75, 3.05) is 0 Å². The molecule has 0 amide bonds. The summed E-state index contributed by atoms with van der Waals surface area (Å²) < 4.78 is 5.36. The Morgan fingerprint density at radius 3 is 1.69 bits per heavy atom. The number of carbonyl (C=O) groups excluding carboxylic acids is 4. The molecule has 1 atom stereocenters. The van der Waals surface area contributed by atoms with Crippen molar-refractivity contribution in [3.8, 4) is 21.5 Å². The Bertz CT molecular complexity index is 2950. The minimum Gasteiger partial charge on any atom is 0 e. The van der Waals surface area contributed by atoms with Gasteiger partial charge in [0.15, 0.2) is 23.1 Å². The van der Waals surface area contributed by atoms with Crippen molar-refractivity contribution >= 4 is 196 Å². The van der Waals surface area contributed by atoms with Crippen LogP contribution in [0, 0.1) is 0 Å². The van der Waals surface area contributed by atoms with Gasteiger partial charge in [0.05, 0.1) is 39.4 Å². The molecule has 8 aromatic rings. The molecule has 0 saturated carbocycles. The normalized spacial score (nSPS) is 13.2. The number of nitrogens with zero attached hydrogens (tertiary/aromatic N) is 5. The zero-order valence-corrected chi connectivity index (χ0v) is 48.2. The summed E-state index contributed by atoms with van der Waals surface area (Å²) in [5.74, 6) is -0.878. The van der Waals surface area contributed by atoms with E-state index in [9.17, 15) is 29.4 Å². The molecule has 0 aliphatic carbocycles. The third-order valence-electron chi connectivity index (χ3n) is 8.13. The van der Waals surface area contributed by atoms with Crippen molar-refractivity contribution in [1.82, 2.24) is 29.1 Å². The van der Waals surface area contributed by atoms with Crippen LogP contribution in [0.1, 0.15) is 55.0 Å². The van der Waals surface area contributed by atoms with Gasteiger partial charge in [-0.2, -0.15) is 0 Å². The smallest absolute Gasteiger partial charge is 0 e. The molecule has 1 aliphatic rings. The van der Waals surface area contributed by atoms with E-state index in [0.717, 1.165) is 68.3 Å². The maximum absolute atomic E-state index is 11.4. The second kappa shape index (κ2) is 28.2. The molecule has 0 saturated heterocycles. The molecule has 6 heterocycles. The molecule has 0 spiro atoms. The average molecular weight is 1520 g/mol. The summed E-state index contributed by atoms with van der Waals surface area (Å²) in [4.78, 5) is 60.9. The van der Waals surface area contributed by atoms with Gasteiger partial charge < -0.3 is 15.2 Å². The summed E-state index contributed by atoms with van der Waals surface area (Å²) in [6.45, 7) is 4.20. The summed E-state index contributed by atoms with van der Waals surface area (Å²) >= 11 is 24.7. The number of carbonyl (C=O) groups is 4. The molecule has 1 aliphatic heterocycles. The van der Waals surface area contributed by atoms with Gasteiger partial charge in [-0.1, -0.05) is 86.0 Å². The average Bonchev–Trinajstić information content (AvgIpc) is 4.07. The van der Waals surface area contributed by atoms with E-state index in [1.54, 1.807) is 31.1 Å². The predicted octanol–water partition coefficient (Wildman–Crippen LogP) is 10.8. The standard InChI is InChI=1S/2C13H9BrN2O2S.C7H5BrN2.C6H5ClO2S.2CH4.B.I3.V/c1-7(17)13-11(18)5-12(19-13)16-6-15-9-4-8(14)2-3-10(9)16;1-7(17)13-11(18)5-12(19-13)16-6-15-9-3-2-8(14)4-10(9)16;8-5-1-2-6-7(3-5)10-4-9-6;1-4(8)6(7)5(9)2-3-10-6;;;;1-3-2;/h2*2-6,18H,1H3;1-4H,(H,9,10);2-3H,1H3;2*1H4;;;/q;;;;;;;-1;. The van der Waals surface area contributed by atoms with Gasteiger partial charge in [-0.3, -0.25) is 28.3 Å². The Labute approximate surface area is 461 Å². The third kappa shape index (κ3) is 15.7. The van der Waals surface area contributed by atoms with Crippen molar-refractivity contribution < 1.29 is 61.2 Å². The molecule has 5 aromatic heterocycles. The Balaban J connectivity index is 0.000000431. The zero-order valence-electron chi connectivity index (χ0n) is 32.4. The number of aromatic hydroxyl groups is 2. The fourth-order valence-electron chi connectivity index (χ4n) is 5.32. The van der Waals surface area contributed by atoms with Crippen LogP contribution in [0.2, 0.25) is 0 Å². The first-order valence-corrected chi connectivity index (χ1v) is 34.8. The topological polar surface area (TPSA) is 173 Å². The Hall–Kier alpha value is -1.59. The molecule has 0 fully saturated rings. The molecular formula is C41H36BBr3ClI3N6O6S3V-. The summed E-state index contributed by atoms with van der Waals surface area (Å²) in [5, 5.41) is 22.6. The number of benzene rings is 3. The van der Waals surface area contributed by atoms with Crippen LogP contribution in [0.25, 0.3) is 43.1 Å². The van der Waals surface area contributed by atoms with Gasteiger partial charge in [0.25, 0.3) is 0 Å². The van der Waals surface area contributed by atoms with E-state index in [2.05, 4.69) is 105 Å². The van der Waals surface area contributed by atoms with Gasteiger partial charge in [0.2, 0.25) is 4.21 Å². The van der Waals surface area contributed by atoms with Gasteiger partial charge in [0.1, 0.15) is 43.9 Å². The first kappa shape index (κ1) is 61.4. The zero-order chi connectivity index (χ0) is 44.6. The van der Waals surface area contributed by atoms with E-state index in [4.69, 9.17) is 11.6 Å². The van der Waals surface area contributed by atoms with Gasteiger partial charge in [-0.05, 0) is 73.0 Å². The number of fused-ring (bicyclic) bond motifs is 3. The van der Waals surface area contributed by atoms with Gasteiger partial charge >= 0.3 is 50.5 Å². The first-order valence-electron chi connectivity index (χ1n) is 16.9. The van der Waals surface area contributed by atoms with Crippen molar-refractivity contribution in [2.45, 2.75) is 39.8 Å². The number of imidazole rings is 3. The number of allylic oxidation sites excluding steroid dienone is 1. The number of ketones is 4. The Morgan fingerprint density at radius 1 is 0.738 bits per heavy atom. The van der Waals surface area contributed by atoms with E-state index >= 15 is 0 Å². The fourth-order valence-corrected chi connectivity index (χ4v) is 9.18. The number of aromatic nitrogens is 6. The van der Waals surface area contributed by atoms with Crippen molar-refractivity contribution in [3.63, 3.8) is 0 Å². The van der Waals surface area contributed by atoms with Crippen LogP contribution in [0.5, 0.6) is 11.5 Å². The van der Waals surface area contributed by atoms with Gasteiger partial charge in [0, 0.05) is 66.4 Å². The molecule has 342 valence electrons. The van der Waals surface area contributed by atoms with Crippen LogP contribution in [0.15, 0.2) is 111 Å². The number of hydrogen-bond acceptors (Lipinski definition) is 12. The summed E-state index contributed by atoms with van der Waals surface area (Å²) in [5.41, 5.74) is 5.63. The van der Waals surface area contributed by atoms with E-state index in [-0.39, 0.29) is 76.5 Å². The monoisotopic (exact) mass is 1520 g/mol. The molecule has 4 radical (unpaired) electrons. The number of rotatable bonds is 5. The van der Waals surface area contributed by atoms with Crippen LogP contribution < -0.4 is 13.3 Å². The maximum atomic E-state index is 11.4.